The predicted molar refractivity (Wildman–Crippen MR) is 85.0 cm³/mol. The number of nitrogens with one attached hydrogen (secondary N) is 2. The van der Waals surface area contributed by atoms with Gasteiger partial charge in [-0.25, -0.2) is 0 Å². The molecule has 1 saturated carbocycles. The molecule has 3 rings (SSSR count). The summed E-state index contributed by atoms with van der Waals surface area (Å²) >= 11 is 1.57. The number of hydrogen-bond donors (Lipinski definition) is 2. The van der Waals surface area contributed by atoms with Gasteiger partial charge in [0.25, 0.3) is 5.91 Å². The van der Waals surface area contributed by atoms with E-state index in [1.807, 2.05) is 5.38 Å². The van der Waals surface area contributed by atoms with Crippen LogP contribution in [0.3, 0.4) is 0 Å². The normalized spacial score (nSPS) is 21.2. The van der Waals surface area contributed by atoms with Gasteiger partial charge >= 0.3 is 0 Å². The van der Waals surface area contributed by atoms with Gasteiger partial charge in [0, 0.05) is 19.1 Å². The van der Waals surface area contributed by atoms with Crippen molar-refractivity contribution in [3.63, 3.8) is 0 Å². The zero-order chi connectivity index (χ0) is 14.7. The molecular formula is C16H24N2O2S. The number of ether oxygens (including phenoxy) is 1. The fourth-order valence-corrected chi connectivity index (χ4v) is 4.10. The third-order valence-electron chi connectivity index (χ3n) is 4.66. The van der Waals surface area contributed by atoms with E-state index < -0.39 is 0 Å². The Bertz CT molecular complexity index is 485. The first kappa shape index (κ1) is 15.0. The fourth-order valence-electron chi connectivity index (χ4n) is 3.20. The average molecular weight is 308 g/mol. The zero-order valence-electron chi connectivity index (χ0n) is 12.6. The number of rotatable bonds is 6. The molecule has 0 aromatic carbocycles. The van der Waals surface area contributed by atoms with Crippen molar-refractivity contribution in [1.29, 1.82) is 0 Å². The average Bonchev–Trinajstić information content (AvgIpc) is 3.23. The van der Waals surface area contributed by atoms with Crippen molar-refractivity contribution < 1.29 is 9.53 Å². The van der Waals surface area contributed by atoms with E-state index in [0.29, 0.717) is 12.5 Å². The summed E-state index contributed by atoms with van der Waals surface area (Å²) in [7, 11) is 1.75. The number of amides is 1. The van der Waals surface area contributed by atoms with Crippen molar-refractivity contribution in [3.05, 3.63) is 21.9 Å². The summed E-state index contributed by atoms with van der Waals surface area (Å²) in [6.45, 7) is 3.44. The summed E-state index contributed by atoms with van der Waals surface area (Å²) in [5.41, 5.74) is 1.34. The molecule has 116 valence electrons. The first-order valence-electron chi connectivity index (χ1n) is 7.79. The van der Waals surface area contributed by atoms with Crippen LogP contribution in [0.25, 0.3) is 0 Å². The smallest absolute Gasteiger partial charge is 0.261 e. The molecule has 1 aliphatic carbocycles. The number of piperidine rings is 1. The Hall–Kier alpha value is -0.910. The van der Waals surface area contributed by atoms with Crippen LogP contribution in [0.2, 0.25) is 0 Å². The van der Waals surface area contributed by atoms with E-state index in [2.05, 4.69) is 16.7 Å². The summed E-state index contributed by atoms with van der Waals surface area (Å²) in [5, 5.41) is 8.59. The highest BCUT2D eigenvalue weighted by molar-refractivity contribution is 7.12. The van der Waals surface area contributed by atoms with Gasteiger partial charge in [-0.3, -0.25) is 4.79 Å². The lowest BCUT2D eigenvalue weighted by Gasteiger charge is -2.37. The molecule has 0 bridgehead atoms. The molecule has 1 saturated heterocycles. The van der Waals surface area contributed by atoms with E-state index in [1.54, 1.807) is 18.4 Å². The summed E-state index contributed by atoms with van der Waals surface area (Å²) in [4.78, 5) is 13.4. The van der Waals surface area contributed by atoms with E-state index in [-0.39, 0.29) is 11.3 Å². The van der Waals surface area contributed by atoms with Gasteiger partial charge in [0.2, 0.25) is 0 Å². The highest BCUT2D eigenvalue weighted by atomic mass is 32.1. The minimum Gasteiger partial charge on any atom is -0.384 e. The molecular weight excluding hydrogens is 284 g/mol. The molecule has 0 unspecified atom stereocenters. The third kappa shape index (κ3) is 3.47. The first-order chi connectivity index (χ1) is 10.2. The van der Waals surface area contributed by atoms with Gasteiger partial charge in [-0.1, -0.05) is 0 Å². The number of thiophene rings is 1. The number of carbonyl (C=O) groups is 1. The second kappa shape index (κ2) is 6.46. The Kier molecular flexibility index (Phi) is 4.62. The summed E-state index contributed by atoms with van der Waals surface area (Å²) in [6.07, 6.45) is 4.58. The maximum Gasteiger partial charge on any atom is 0.261 e. The molecule has 1 amide bonds. The maximum atomic E-state index is 12.5. The molecule has 2 fully saturated rings. The summed E-state index contributed by atoms with van der Waals surface area (Å²) < 4.78 is 5.40. The molecule has 5 heteroatoms. The van der Waals surface area contributed by atoms with Gasteiger partial charge in [0.15, 0.2) is 0 Å². The second-order valence-electron chi connectivity index (χ2n) is 6.35. The fraction of sp³-hybridized carbons (Fsp3) is 0.688. The predicted octanol–water partition coefficient (Wildman–Crippen LogP) is 2.37. The van der Waals surface area contributed by atoms with E-state index in [0.717, 1.165) is 37.4 Å². The van der Waals surface area contributed by atoms with Gasteiger partial charge < -0.3 is 15.4 Å². The lowest BCUT2D eigenvalue weighted by molar-refractivity contribution is 0.0512. The van der Waals surface area contributed by atoms with Crippen LogP contribution < -0.4 is 10.6 Å². The van der Waals surface area contributed by atoms with Crippen molar-refractivity contribution in [2.24, 2.45) is 5.41 Å². The molecule has 2 heterocycles. The van der Waals surface area contributed by atoms with Gasteiger partial charge in [-0.15, -0.1) is 11.3 Å². The SMILES string of the molecule is COCC1(CNC(=O)c2sccc2C2CC2)CCNCC1. The highest BCUT2D eigenvalue weighted by Gasteiger charge is 2.34. The summed E-state index contributed by atoms with van der Waals surface area (Å²) in [5.74, 6) is 0.727. The Morgan fingerprint density at radius 3 is 2.90 bits per heavy atom. The van der Waals surface area contributed by atoms with Crippen molar-refractivity contribution in [3.8, 4) is 0 Å². The van der Waals surface area contributed by atoms with Crippen LogP contribution in [-0.2, 0) is 4.74 Å². The van der Waals surface area contributed by atoms with Crippen molar-refractivity contribution >= 4 is 17.2 Å². The molecule has 0 radical (unpaired) electrons. The minimum absolute atomic E-state index is 0.0899. The molecule has 2 N–H and O–H groups in total. The van der Waals surface area contributed by atoms with Gasteiger partial charge in [-0.2, -0.15) is 0 Å². The van der Waals surface area contributed by atoms with Crippen molar-refractivity contribution in [2.75, 3.05) is 33.4 Å². The molecule has 1 aliphatic heterocycles. The Morgan fingerprint density at radius 1 is 1.48 bits per heavy atom. The lowest BCUT2D eigenvalue weighted by Crippen LogP contribution is -2.47. The van der Waals surface area contributed by atoms with E-state index in [1.165, 1.54) is 18.4 Å². The zero-order valence-corrected chi connectivity index (χ0v) is 13.4. The van der Waals surface area contributed by atoms with Crippen LogP contribution in [0.15, 0.2) is 11.4 Å². The van der Waals surface area contributed by atoms with E-state index >= 15 is 0 Å². The largest absolute Gasteiger partial charge is 0.384 e. The van der Waals surface area contributed by atoms with Crippen LogP contribution in [0.1, 0.15) is 46.8 Å². The van der Waals surface area contributed by atoms with Crippen LogP contribution in [0.5, 0.6) is 0 Å². The standard InChI is InChI=1S/C16H24N2O2S/c1-20-11-16(5-7-17-8-6-16)10-18-15(19)14-13(4-9-21-14)12-2-3-12/h4,9,12,17H,2-3,5-8,10-11H2,1H3,(H,18,19). The Morgan fingerprint density at radius 2 is 2.24 bits per heavy atom. The summed E-state index contributed by atoms with van der Waals surface area (Å²) in [6, 6.07) is 2.12. The van der Waals surface area contributed by atoms with Crippen molar-refractivity contribution in [2.45, 2.75) is 31.6 Å². The topological polar surface area (TPSA) is 50.4 Å². The quantitative estimate of drug-likeness (QED) is 0.848. The Labute approximate surface area is 130 Å². The molecule has 0 spiro atoms. The molecule has 4 nitrogen and oxygen atoms in total. The van der Waals surface area contributed by atoms with Crippen LogP contribution in [-0.4, -0.2) is 39.3 Å². The number of hydrogen-bond acceptors (Lipinski definition) is 4. The van der Waals surface area contributed by atoms with Gasteiger partial charge in [0.05, 0.1) is 11.5 Å². The second-order valence-corrected chi connectivity index (χ2v) is 7.26. The van der Waals surface area contributed by atoms with Gasteiger partial charge in [0.1, 0.15) is 0 Å². The third-order valence-corrected chi connectivity index (χ3v) is 5.59. The molecule has 0 atom stereocenters. The lowest BCUT2D eigenvalue weighted by atomic mass is 9.79. The van der Waals surface area contributed by atoms with E-state index in [9.17, 15) is 4.79 Å². The number of carbonyl (C=O) groups excluding carboxylic acids is 1. The van der Waals surface area contributed by atoms with Gasteiger partial charge in [-0.05, 0) is 61.7 Å². The molecule has 21 heavy (non-hydrogen) atoms. The van der Waals surface area contributed by atoms with Crippen LogP contribution in [0, 0.1) is 5.41 Å². The van der Waals surface area contributed by atoms with E-state index in [4.69, 9.17) is 4.74 Å². The molecule has 1 aromatic heterocycles. The van der Waals surface area contributed by atoms with Crippen molar-refractivity contribution in [1.82, 2.24) is 10.6 Å². The molecule has 1 aromatic rings. The number of methoxy groups -OCH3 is 1. The molecule has 2 aliphatic rings. The highest BCUT2D eigenvalue weighted by Crippen LogP contribution is 2.43. The maximum absolute atomic E-state index is 12.5. The minimum atomic E-state index is 0.0899. The van der Waals surface area contributed by atoms with Crippen LogP contribution in [0.4, 0.5) is 0 Å². The monoisotopic (exact) mass is 308 g/mol. The Balaban J connectivity index is 1.62. The first-order valence-corrected chi connectivity index (χ1v) is 8.67. The van der Waals surface area contributed by atoms with Crippen LogP contribution >= 0.6 is 11.3 Å².